The van der Waals surface area contributed by atoms with Crippen LogP contribution in [0.25, 0.3) is 0 Å². The summed E-state index contributed by atoms with van der Waals surface area (Å²) in [5.74, 6) is 0. The van der Waals surface area contributed by atoms with Gasteiger partial charge in [-0.2, -0.15) is 0 Å². The predicted octanol–water partition coefficient (Wildman–Crippen LogP) is 1.18. The first kappa shape index (κ1) is 11.6. The maximum Gasteiger partial charge on any atom is 0.148 e. The van der Waals surface area contributed by atoms with E-state index in [0.717, 1.165) is 23.0 Å². The van der Waals surface area contributed by atoms with Crippen molar-refractivity contribution in [3.63, 3.8) is 0 Å². The van der Waals surface area contributed by atoms with Gasteiger partial charge in [0.05, 0.1) is 0 Å². The number of methoxy groups -OCH3 is 1. The fourth-order valence-corrected chi connectivity index (χ4v) is 1.84. The topological polar surface area (TPSA) is 47.0 Å². The number of nitrogens with one attached hydrogen (secondary N) is 1. The van der Waals surface area contributed by atoms with E-state index in [9.17, 15) is 0 Å². The number of aromatic nitrogens is 2. The first-order valence-electron chi connectivity index (χ1n) is 4.62. The molecule has 0 radical (unpaired) electrons. The molecule has 0 aromatic carbocycles. The van der Waals surface area contributed by atoms with Crippen molar-refractivity contribution in [1.82, 2.24) is 15.5 Å². The number of rotatable bonds is 5. The number of hydrogen-bond donors (Lipinski definition) is 1. The summed E-state index contributed by atoms with van der Waals surface area (Å²) in [5.41, 5.74) is -0.324. The zero-order valence-corrected chi connectivity index (χ0v) is 9.94. The zero-order chi connectivity index (χ0) is 10.6. The van der Waals surface area contributed by atoms with E-state index >= 15 is 0 Å². The average Bonchev–Trinajstić information content (AvgIpc) is 2.63. The van der Waals surface area contributed by atoms with Crippen LogP contribution in [0.5, 0.6) is 0 Å². The van der Waals surface area contributed by atoms with Crippen molar-refractivity contribution in [3.8, 4) is 0 Å². The molecule has 1 N–H and O–H groups in total. The minimum absolute atomic E-state index is 0.324. The fourth-order valence-electron chi connectivity index (χ4n) is 0.917. The van der Waals surface area contributed by atoms with Crippen LogP contribution >= 0.6 is 11.3 Å². The van der Waals surface area contributed by atoms with Gasteiger partial charge in [0.1, 0.15) is 15.6 Å². The Hall–Kier alpha value is -0.520. The van der Waals surface area contributed by atoms with E-state index in [0.29, 0.717) is 0 Å². The maximum absolute atomic E-state index is 5.33. The van der Waals surface area contributed by atoms with E-state index in [1.807, 2.05) is 20.9 Å². The molecular weight excluding hydrogens is 198 g/mol. The largest absolute Gasteiger partial charge is 0.372 e. The summed E-state index contributed by atoms with van der Waals surface area (Å²) in [6.07, 6.45) is 0.925. The summed E-state index contributed by atoms with van der Waals surface area (Å²) in [5, 5.41) is 13.3. The molecule has 0 amide bonds. The lowest BCUT2D eigenvalue weighted by molar-refractivity contribution is 0.0185. The Kier molecular flexibility index (Phi) is 3.97. The Morgan fingerprint density at radius 3 is 2.71 bits per heavy atom. The molecule has 0 aliphatic heterocycles. The third-order valence-electron chi connectivity index (χ3n) is 2.08. The highest BCUT2D eigenvalue weighted by atomic mass is 32.1. The predicted molar refractivity (Wildman–Crippen MR) is 57.6 cm³/mol. The Balaban J connectivity index is 2.67. The van der Waals surface area contributed by atoms with E-state index in [4.69, 9.17) is 4.74 Å². The highest BCUT2D eigenvalue weighted by Gasteiger charge is 2.24. The molecule has 14 heavy (non-hydrogen) atoms. The number of nitrogens with zero attached hydrogens (tertiary/aromatic N) is 2. The second kappa shape index (κ2) is 4.82. The minimum atomic E-state index is -0.324. The number of likely N-dealkylation sites (N-methyl/N-ethyl adjacent to an activating group) is 1. The molecule has 0 spiro atoms. The van der Waals surface area contributed by atoms with Crippen molar-refractivity contribution < 1.29 is 4.74 Å². The van der Waals surface area contributed by atoms with Gasteiger partial charge in [0, 0.05) is 20.1 Å². The zero-order valence-electron chi connectivity index (χ0n) is 9.13. The van der Waals surface area contributed by atoms with E-state index < -0.39 is 0 Å². The molecule has 0 atom stereocenters. The molecule has 1 heterocycles. The van der Waals surface area contributed by atoms with Crippen LogP contribution in [0.15, 0.2) is 0 Å². The van der Waals surface area contributed by atoms with Crippen LogP contribution in [-0.2, 0) is 16.8 Å². The van der Waals surface area contributed by atoms with Gasteiger partial charge in [-0.15, -0.1) is 10.2 Å². The minimum Gasteiger partial charge on any atom is -0.372 e. The van der Waals surface area contributed by atoms with Gasteiger partial charge < -0.3 is 10.1 Å². The van der Waals surface area contributed by atoms with E-state index in [-0.39, 0.29) is 5.60 Å². The summed E-state index contributed by atoms with van der Waals surface area (Å²) in [6.45, 7) is 4.92. The summed E-state index contributed by atoms with van der Waals surface area (Å²) in [7, 11) is 3.62. The molecule has 1 rings (SSSR count). The van der Waals surface area contributed by atoms with Crippen LogP contribution in [0.4, 0.5) is 0 Å². The first-order chi connectivity index (χ1) is 6.60. The first-order valence-corrected chi connectivity index (χ1v) is 5.44. The Morgan fingerprint density at radius 1 is 1.43 bits per heavy atom. The smallest absolute Gasteiger partial charge is 0.148 e. The second-order valence-corrected chi connectivity index (χ2v) is 4.63. The molecule has 0 saturated carbocycles. The maximum atomic E-state index is 5.33. The van der Waals surface area contributed by atoms with E-state index in [1.165, 1.54) is 0 Å². The highest BCUT2D eigenvalue weighted by Crippen LogP contribution is 2.26. The van der Waals surface area contributed by atoms with Gasteiger partial charge in [-0.3, -0.25) is 0 Å². The van der Waals surface area contributed by atoms with Gasteiger partial charge in [0.15, 0.2) is 0 Å². The van der Waals surface area contributed by atoms with Crippen LogP contribution in [0, 0.1) is 0 Å². The molecule has 0 unspecified atom stereocenters. The van der Waals surface area contributed by atoms with Gasteiger partial charge >= 0.3 is 0 Å². The van der Waals surface area contributed by atoms with Crippen molar-refractivity contribution in [2.45, 2.75) is 25.9 Å². The molecule has 0 aliphatic carbocycles. The summed E-state index contributed by atoms with van der Waals surface area (Å²) in [6, 6.07) is 0. The van der Waals surface area contributed by atoms with Crippen molar-refractivity contribution in [1.29, 1.82) is 0 Å². The third-order valence-corrected chi connectivity index (χ3v) is 3.37. The summed E-state index contributed by atoms with van der Waals surface area (Å²) >= 11 is 1.62. The van der Waals surface area contributed by atoms with Crippen molar-refractivity contribution in [2.24, 2.45) is 0 Å². The lowest BCUT2D eigenvalue weighted by Crippen LogP contribution is -2.18. The Labute approximate surface area is 88.7 Å². The average molecular weight is 215 g/mol. The molecule has 0 bridgehead atoms. The normalized spacial score (nSPS) is 12.0. The Morgan fingerprint density at radius 2 is 2.14 bits per heavy atom. The quantitative estimate of drug-likeness (QED) is 0.801. The molecule has 0 saturated heterocycles. The summed E-state index contributed by atoms with van der Waals surface area (Å²) in [4.78, 5) is 0. The number of hydrogen-bond acceptors (Lipinski definition) is 5. The van der Waals surface area contributed by atoms with Crippen LogP contribution in [-0.4, -0.2) is 30.9 Å². The van der Waals surface area contributed by atoms with Crippen LogP contribution in [0.2, 0.25) is 0 Å². The molecule has 4 nitrogen and oxygen atoms in total. The van der Waals surface area contributed by atoms with Crippen LogP contribution in [0.1, 0.15) is 23.9 Å². The van der Waals surface area contributed by atoms with Gasteiger partial charge in [0.25, 0.3) is 0 Å². The third kappa shape index (κ3) is 2.73. The Bertz CT molecular complexity index is 285. The lowest BCUT2D eigenvalue weighted by Gasteiger charge is -2.18. The SMILES string of the molecule is CNCCc1nnc(C(C)(C)OC)s1. The molecule has 80 valence electrons. The fraction of sp³-hybridized carbons (Fsp3) is 0.778. The second-order valence-electron chi connectivity index (χ2n) is 3.57. The number of ether oxygens (including phenoxy) is 1. The van der Waals surface area contributed by atoms with Gasteiger partial charge in [-0.1, -0.05) is 11.3 Å². The van der Waals surface area contributed by atoms with Gasteiger partial charge in [-0.25, -0.2) is 0 Å². The molecule has 0 aliphatic rings. The van der Waals surface area contributed by atoms with Gasteiger partial charge in [-0.05, 0) is 20.9 Å². The highest BCUT2D eigenvalue weighted by molar-refractivity contribution is 7.11. The van der Waals surface area contributed by atoms with Crippen molar-refractivity contribution in [3.05, 3.63) is 10.0 Å². The monoisotopic (exact) mass is 215 g/mol. The summed E-state index contributed by atoms with van der Waals surface area (Å²) < 4.78 is 5.33. The molecular formula is C9H17N3OS. The van der Waals surface area contributed by atoms with Crippen molar-refractivity contribution >= 4 is 11.3 Å². The molecule has 5 heteroatoms. The van der Waals surface area contributed by atoms with Gasteiger partial charge in [0.2, 0.25) is 0 Å². The molecule has 1 aromatic rings. The van der Waals surface area contributed by atoms with Crippen LogP contribution in [0.3, 0.4) is 0 Å². The van der Waals surface area contributed by atoms with E-state index in [2.05, 4.69) is 15.5 Å². The van der Waals surface area contributed by atoms with Crippen LogP contribution < -0.4 is 5.32 Å². The van der Waals surface area contributed by atoms with Crippen molar-refractivity contribution in [2.75, 3.05) is 20.7 Å². The van der Waals surface area contributed by atoms with E-state index in [1.54, 1.807) is 18.4 Å². The standard InChI is InChI=1S/C9H17N3OS/c1-9(2,13-4)8-12-11-7(14-8)5-6-10-3/h10H,5-6H2,1-4H3. The molecule has 0 fully saturated rings. The molecule has 1 aromatic heterocycles. The lowest BCUT2D eigenvalue weighted by atomic mass is 10.1.